The van der Waals surface area contributed by atoms with E-state index in [1.54, 1.807) is 6.92 Å². The molecule has 3 nitrogen and oxygen atoms in total. The molecule has 1 aromatic carbocycles. The molecule has 0 radical (unpaired) electrons. The zero-order chi connectivity index (χ0) is 9.90. The first-order valence-electron chi connectivity index (χ1n) is 4.05. The van der Waals surface area contributed by atoms with Crippen molar-refractivity contribution in [2.75, 3.05) is 0 Å². The Labute approximate surface area is 78.6 Å². The Kier molecular flexibility index (Phi) is 3.06. The highest BCUT2D eigenvalue weighted by Crippen LogP contribution is 2.06. The highest BCUT2D eigenvalue weighted by atomic mass is 32.2. The topological polar surface area (TPSA) is 60.2 Å². The van der Waals surface area contributed by atoms with E-state index < -0.39 is 15.3 Å². The van der Waals surface area contributed by atoms with Gasteiger partial charge in [0.25, 0.3) is 0 Å². The van der Waals surface area contributed by atoms with Crippen LogP contribution in [0.25, 0.3) is 0 Å². The van der Waals surface area contributed by atoms with E-state index in [0.29, 0.717) is 6.42 Å². The van der Waals surface area contributed by atoms with E-state index >= 15 is 0 Å². The van der Waals surface area contributed by atoms with Gasteiger partial charge in [0.1, 0.15) is 0 Å². The van der Waals surface area contributed by atoms with Crippen molar-refractivity contribution < 1.29 is 8.42 Å². The Hall–Kier alpha value is -0.870. The molecule has 13 heavy (non-hydrogen) atoms. The molecule has 0 amide bonds. The molecule has 72 valence electrons. The average Bonchev–Trinajstić information content (AvgIpc) is 2.04. The number of nitrogens with two attached hydrogens (primary N) is 1. The number of sulfonamides is 1. The molecular weight excluding hydrogens is 186 g/mol. The third-order valence-electron chi connectivity index (χ3n) is 1.93. The van der Waals surface area contributed by atoms with Gasteiger partial charge in [-0.05, 0) is 18.9 Å². The monoisotopic (exact) mass is 199 g/mol. The summed E-state index contributed by atoms with van der Waals surface area (Å²) in [5.74, 6) is 0. The maximum Gasteiger partial charge on any atom is 0.212 e. The lowest BCUT2D eigenvalue weighted by Gasteiger charge is -2.07. The number of benzene rings is 1. The van der Waals surface area contributed by atoms with Crippen molar-refractivity contribution in [1.29, 1.82) is 0 Å². The molecule has 0 saturated carbocycles. The van der Waals surface area contributed by atoms with Gasteiger partial charge in [-0.2, -0.15) is 0 Å². The minimum atomic E-state index is -3.40. The smallest absolute Gasteiger partial charge is 0.212 e. The summed E-state index contributed by atoms with van der Waals surface area (Å²) in [6.07, 6.45) is 0.472. The molecule has 1 unspecified atom stereocenters. The Bertz CT molecular complexity index is 358. The van der Waals surface area contributed by atoms with Gasteiger partial charge >= 0.3 is 0 Å². The molecule has 4 heteroatoms. The van der Waals surface area contributed by atoms with Gasteiger partial charge in [-0.3, -0.25) is 0 Å². The van der Waals surface area contributed by atoms with Gasteiger partial charge in [0.2, 0.25) is 10.0 Å². The molecule has 0 spiro atoms. The van der Waals surface area contributed by atoms with Crippen LogP contribution in [0.1, 0.15) is 12.5 Å². The van der Waals surface area contributed by atoms with Crippen LogP contribution in [0.3, 0.4) is 0 Å². The molecule has 0 saturated heterocycles. The van der Waals surface area contributed by atoms with Gasteiger partial charge in [-0.25, -0.2) is 13.6 Å². The van der Waals surface area contributed by atoms with Crippen LogP contribution in [0.4, 0.5) is 0 Å². The normalized spacial score (nSPS) is 14.0. The molecule has 0 fully saturated rings. The van der Waals surface area contributed by atoms with Crippen LogP contribution in [0.15, 0.2) is 30.3 Å². The summed E-state index contributed by atoms with van der Waals surface area (Å²) in [7, 11) is -3.40. The third-order valence-corrected chi connectivity index (χ3v) is 3.22. The number of hydrogen-bond acceptors (Lipinski definition) is 2. The van der Waals surface area contributed by atoms with E-state index in [0.717, 1.165) is 5.56 Å². The van der Waals surface area contributed by atoms with Crippen molar-refractivity contribution in [3.63, 3.8) is 0 Å². The molecule has 0 heterocycles. The van der Waals surface area contributed by atoms with Crippen LogP contribution < -0.4 is 5.14 Å². The fourth-order valence-electron chi connectivity index (χ4n) is 1.06. The quantitative estimate of drug-likeness (QED) is 0.786. The van der Waals surface area contributed by atoms with E-state index in [2.05, 4.69) is 0 Å². The lowest BCUT2D eigenvalue weighted by atomic mass is 10.1. The van der Waals surface area contributed by atoms with Crippen molar-refractivity contribution in [2.24, 2.45) is 5.14 Å². The van der Waals surface area contributed by atoms with Crippen LogP contribution in [-0.2, 0) is 16.4 Å². The van der Waals surface area contributed by atoms with Crippen LogP contribution in [-0.4, -0.2) is 13.7 Å². The predicted octanol–water partition coefficient (Wildman–Crippen LogP) is 0.906. The van der Waals surface area contributed by atoms with Gasteiger partial charge in [0.15, 0.2) is 0 Å². The highest BCUT2D eigenvalue weighted by Gasteiger charge is 2.15. The minimum Gasteiger partial charge on any atom is -0.228 e. The van der Waals surface area contributed by atoms with E-state index in [9.17, 15) is 8.42 Å². The van der Waals surface area contributed by atoms with Crippen LogP contribution in [0, 0.1) is 0 Å². The fraction of sp³-hybridized carbons (Fsp3) is 0.333. The highest BCUT2D eigenvalue weighted by molar-refractivity contribution is 7.89. The lowest BCUT2D eigenvalue weighted by molar-refractivity contribution is 0.584. The second-order valence-electron chi connectivity index (χ2n) is 3.09. The summed E-state index contributed by atoms with van der Waals surface area (Å²) in [6, 6.07) is 9.44. The summed E-state index contributed by atoms with van der Waals surface area (Å²) in [6.45, 7) is 1.61. The Morgan fingerprint density at radius 1 is 1.31 bits per heavy atom. The Morgan fingerprint density at radius 2 is 1.85 bits per heavy atom. The Morgan fingerprint density at radius 3 is 2.31 bits per heavy atom. The first kappa shape index (κ1) is 10.2. The van der Waals surface area contributed by atoms with Gasteiger partial charge in [0.05, 0.1) is 5.25 Å². The SMILES string of the molecule is CC(Cc1ccccc1)S(N)(=O)=O. The predicted molar refractivity (Wildman–Crippen MR) is 52.7 cm³/mol. The van der Waals surface area contributed by atoms with Crippen molar-refractivity contribution in [2.45, 2.75) is 18.6 Å². The van der Waals surface area contributed by atoms with Crippen molar-refractivity contribution in [3.8, 4) is 0 Å². The van der Waals surface area contributed by atoms with Gasteiger partial charge < -0.3 is 0 Å². The summed E-state index contributed by atoms with van der Waals surface area (Å²) in [4.78, 5) is 0. The largest absolute Gasteiger partial charge is 0.228 e. The second kappa shape index (κ2) is 3.89. The molecule has 0 aliphatic rings. The maximum atomic E-state index is 10.9. The fourth-order valence-corrected chi connectivity index (χ4v) is 1.49. The Balaban J connectivity index is 2.72. The first-order chi connectivity index (χ1) is 6.00. The number of rotatable bonds is 3. The molecule has 1 atom stereocenters. The van der Waals surface area contributed by atoms with Crippen LogP contribution in [0.5, 0.6) is 0 Å². The zero-order valence-corrected chi connectivity index (χ0v) is 8.29. The third kappa shape index (κ3) is 3.16. The van der Waals surface area contributed by atoms with Gasteiger partial charge in [0, 0.05) is 0 Å². The summed E-state index contributed by atoms with van der Waals surface area (Å²) >= 11 is 0. The van der Waals surface area contributed by atoms with E-state index in [4.69, 9.17) is 5.14 Å². The van der Waals surface area contributed by atoms with Crippen molar-refractivity contribution >= 4 is 10.0 Å². The maximum absolute atomic E-state index is 10.9. The van der Waals surface area contributed by atoms with Crippen LogP contribution in [0.2, 0.25) is 0 Å². The minimum absolute atomic E-state index is 0.472. The molecule has 2 N–H and O–H groups in total. The van der Waals surface area contributed by atoms with Crippen molar-refractivity contribution in [1.82, 2.24) is 0 Å². The molecule has 1 aromatic rings. The van der Waals surface area contributed by atoms with E-state index in [1.165, 1.54) is 0 Å². The molecular formula is C9H13NO2S. The lowest BCUT2D eigenvalue weighted by Crippen LogP contribution is -2.27. The summed E-state index contributed by atoms with van der Waals surface area (Å²) in [5.41, 5.74) is 0.990. The molecule has 1 rings (SSSR count). The number of hydrogen-bond donors (Lipinski definition) is 1. The standard InChI is InChI=1S/C9H13NO2S/c1-8(13(10,11)12)7-9-5-3-2-4-6-9/h2-6,8H,7H2,1H3,(H2,10,11,12). The molecule has 0 bridgehead atoms. The van der Waals surface area contributed by atoms with E-state index in [1.807, 2.05) is 30.3 Å². The zero-order valence-electron chi connectivity index (χ0n) is 7.47. The van der Waals surface area contributed by atoms with Gasteiger partial charge in [-0.15, -0.1) is 0 Å². The average molecular weight is 199 g/mol. The summed E-state index contributed by atoms with van der Waals surface area (Å²) < 4.78 is 21.8. The molecule has 0 aliphatic carbocycles. The van der Waals surface area contributed by atoms with Crippen LogP contribution >= 0.6 is 0 Å². The number of primary sulfonamides is 1. The van der Waals surface area contributed by atoms with E-state index in [-0.39, 0.29) is 0 Å². The second-order valence-corrected chi connectivity index (χ2v) is 5.07. The van der Waals surface area contributed by atoms with Crippen molar-refractivity contribution in [3.05, 3.63) is 35.9 Å². The molecule has 0 aromatic heterocycles. The molecule has 0 aliphatic heterocycles. The van der Waals surface area contributed by atoms with Gasteiger partial charge in [-0.1, -0.05) is 30.3 Å². The summed E-state index contributed by atoms with van der Waals surface area (Å²) in [5, 5.41) is 4.48. The first-order valence-corrected chi connectivity index (χ1v) is 5.66.